The van der Waals surface area contributed by atoms with E-state index in [0.29, 0.717) is 0 Å². The van der Waals surface area contributed by atoms with Crippen LogP contribution in [0, 0.1) is 0 Å². The molecule has 3 nitrogen and oxygen atoms in total. The molecule has 1 aromatic heterocycles. The molecule has 1 saturated heterocycles. The van der Waals surface area contributed by atoms with Crippen LogP contribution < -0.4 is 0 Å². The molecule has 4 heteroatoms. The molecule has 1 aliphatic rings. The van der Waals surface area contributed by atoms with Crippen LogP contribution in [0.1, 0.15) is 17.5 Å². The molecular formula is C22H25ClN2O. The Balaban J connectivity index is 1.25. The number of halogens is 1. The normalized spacial score (nSPS) is 16.3. The molecule has 2 heterocycles. The molecule has 2 aromatic carbocycles. The van der Waals surface area contributed by atoms with E-state index in [-0.39, 0.29) is 0 Å². The number of fused-ring (bicyclic) bond motifs is 1. The third-order valence-corrected chi connectivity index (χ3v) is 5.49. The molecule has 0 bridgehead atoms. The minimum absolute atomic E-state index is 0.767. The van der Waals surface area contributed by atoms with Gasteiger partial charge in [0.2, 0.25) is 0 Å². The minimum atomic E-state index is 0.767. The zero-order chi connectivity index (χ0) is 17.8. The lowest BCUT2D eigenvalue weighted by Crippen LogP contribution is -2.46. The first kappa shape index (κ1) is 17.6. The van der Waals surface area contributed by atoms with Gasteiger partial charge in [-0.1, -0.05) is 41.9 Å². The van der Waals surface area contributed by atoms with Gasteiger partial charge in [-0.3, -0.25) is 4.90 Å². The fourth-order valence-electron chi connectivity index (χ4n) is 3.74. The highest BCUT2D eigenvalue weighted by Crippen LogP contribution is 2.26. The first-order valence-electron chi connectivity index (χ1n) is 9.42. The third kappa shape index (κ3) is 4.29. The van der Waals surface area contributed by atoms with Gasteiger partial charge in [0, 0.05) is 48.7 Å². The Hall–Kier alpha value is -1.81. The number of hydrogen-bond donors (Lipinski definition) is 0. The van der Waals surface area contributed by atoms with Gasteiger partial charge < -0.3 is 9.32 Å². The van der Waals surface area contributed by atoms with E-state index in [2.05, 4.69) is 40.1 Å². The summed E-state index contributed by atoms with van der Waals surface area (Å²) >= 11 is 6.14. The van der Waals surface area contributed by atoms with Crippen molar-refractivity contribution in [2.45, 2.75) is 19.4 Å². The van der Waals surface area contributed by atoms with Gasteiger partial charge in [0.15, 0.2) is 0 Å². The Kier molecular flexibility index (Phi) is 5.59. The Morgan fingerprint density at radius 3 is 2.50 bits per heavy atom. The van der Waals surface area contributed by atoms with Crippen LogP contribution in [-0.2, 0) is 13.0 Å². The molecule has 0 saturated carbocycles. The first-order valence-corrected chi connectivity index (χ1v) is 9.80. The van der Waals surface area contributed by atoms with Crippen molar-refractivity contribution in [2.24, 2.45) is 0 Å². The van der Waals surface area contributed by atoms with Crippen molar-refractivity contribution in [3.8, 4) is 0 Å². The molecule has 1 fully saturated rings. The van der Waals surface area contributed by atoms with Crippen molar-refractivity contribution in [2.75, 3.05) is 32.7 Å². The average molecular weight is 369 g/mol. The van der Waals surface area contributed by atoms with Crippen LogP contribution in [0.25, 0.3) is 11.0 Å². The molecule has 0 atom stereocenters. The molecule has 4 rings (SSSR count). The van der Waals surface area contributed by atoms with E-state index in [1.165, 1.54) is 30.5 Å². The summed E-state index contributed by atoms with van der Waals surface area (Å²) in [6, 6.07) is 16.6. The molecule has 0 amide bonds. The molecule has 0 spiro atoms. The highest BCUT2D eigenvalue weighted by atomic mass is 35.5. The van der Waals surface area contributed by atoms with E-state index in [1.54, 1.807) is 0 Å². The lowest BCUT2D eigenvalue weighted by atomic mass is 10.1. The number of furan rings is 1. The van der Waals surface area contributed by atoms with Crippen molar-refractivity contribution in [1.82, 2.24) is 9.80 Å². The first-order chi connectivity index (χ1) is 12.8. The highest BCUT2D eigenvalue weighted by Gasteiger charge is 2.18. The minimum Gasteiger partial charge on any atom is -0.464 e. The molecule has 1 aliphatic heterocycles. The smallest absolute Gasteiger partial charge is 0.134 e. The lowest BCUT2D eigenvalue weighted by Gasteiger charge is -2.34. The van der Waals surface area contributed by atoms with E-state index in [1.807, 2.05) is 24.5 Å². The summed E-state index contributed by atoms with van der Waals surface area (Å²) in [6.45, 7) is 6.63. The highest BCUT2D eigenvalue weighted by molar-refractivity contribution is 6.31. The molecule has 136 valence electrons. The summed E-state index contributed by atoms with van der Waals surface area (Å²) in [7, 11) is 0. The summed E-state index contributed by atoms with van der Waals surface area (Å²) in [5, 5.41) is 1.91. The van der Waals surface area contributed by atoms with Crippen LogP contribution in [0.4, 0.5) is 0 Å². The summed E-state index contributed by atoms with van der Waals surface area (Å²) in [5.74, 6) is 0. The van der Waals surface area contributed by atoms with Crippen LogP contribution in [0.5, 0.6) is 0 Å². The van der Waals surface area contributed by atoms with Crippen molar-refractivity contribution < 1.29 is 4.42 Å². The maximum Gasteiger partial charge on any atom is 0.134 e. The monoisotopic (exact) mass is 368 g/mol. The average Bonchev–Trinajstić information content (AvgIpc) is 3.06. The number of aryl methyl sites for hydroxylation is 1. The Morgan fingerprint density at radius 2 is 1.69 bits per heavy atom. The van der Waals surface area contributed by atoms with Gasteiger partial charge in [-0.15, -0.1) is 0 Å². The van der Waals surface area contributed by atoms with Crippen molar-refractivity contribution >= 4 is 22.6 Å². The second kappa shape index (κ2) is 8.26. The lowest BCUT2D eigenvalue weighted by molar-refractivity contribution is 0.126. The van der Waals surface area contributed by atoms with Crippen LogP contribution in [0.3, 0.4) is 0 Å². The summed E-state index contributed by atoms with van der Waals surface area (Å²) < 4.78 is 5.67. The second-order valence-electron chi connectivity index (χ2n) is 7.11. The Bertz CT molecular complexity index is 838. The van der Waals surface area contributed by atoms with E-state index >= 15 is 0 Å². The van der Waals surface area contributed by atoms with Gasteiger partial charge in [0.25, 0.3) is 0 Å². The molecule has 0 aliphatic carbocycles. The van der Waals surface area contributed by atoms with Gasteiger partial charge in [0.05, 0.1) is 6.26 Å². The molecular weight excluding hydrogens is 344 g/mol. The van der Waals surface area contributed by atoms with Gasteiger partial charge >= 0.3 is 0 Å². The maximum atomic E-state index is 6.14. The SMILES string of the molecule is Clc1ccc2occ(CN3CCN(CCCc4ccccc4)CC3)c2c1. The summed E-state index contributed by atoms with van der Waals surface area (Å²) in [4.78, 5) is 5.10. The molecule has 0 radical (unpaired) electrons. The number of benzene rings is 2. The molecule has 3 aromatic rings. The van der Waals surface area contributed by atoms with E-state index in [4.69, 9.17) is 16.0 Å². The summed E-state index contributed by atoms with van der Waals surface area (Å²) in [5.41, 5.74) is 3.60. The fraction of sp³-hybridized carbons (Fsp3) is 0.364. The van der Waals surface area contributed by atoms with Crippen LogP contribution >= 0.6 is 11.6 Å². The number of nitrogens with zero attached hydrogens (tertiary/aromatic N) is 2. The fourth-order valence-corrected chi connectivity index (χ4v) is 3.91. The van der Waals surface area contributed by atoms with E-state index < -0.39 is 0 Å². The predicted octanol–water partition coefficient (Wildman–Crippen LogP) is 4.84. The Morgan fingerprint density at radius 1 is 0.923 bits per heavy atom. The van der Waals surface area contributed by atoms with E-state index in [9.17, 15) is 0 Å². The predicted molar refractivity (Wildman–Crippen MR) is 108 cm³/mol. The Labute approximate surface area is 160 Å². The van der Waals surface area contributed by atoms with Gasteiger partial charge in [-0.05, 0) is 43.1 Å². The zero-order valence-corrected chi connectivity index (χ0v) is 15.8. The zero-order valence-electron chi connectivity index (χ0n) is 15.0. The van der Waals surface area contributed by atoms with Crippen molar-refractivity contribution in [1.29, 1.82) is 0 Å². The third-order valence-electron chi connectivity index (χ3n) is 5.26. The van der Waals surface area contributed by atoms with Crippen molar-refractivity contribution in [3.05, 3.63) is 70.9 Å². The maximum absolute atomic E-state index is 6.14. The van der Waals surface area contributed by atoms with Crippen LogP contribution in [-0.4, -0.2) is 42.5 Å². The largest absolute Gasteiger partial charge is 0.464 e. The summed E-state index contributed by atoms with van der Waals surface area (Å²) in [6.07, 6.45) is 4.28. The van der Waals surface area contributed by atoms with Gasteiger partial charge in [-0.25, -0.2) is 0 Å². The number of piperazine rings is 1. The van der Waals surface area contributed by atoms with E-state index in [0.717, 1.165) is 48.7 Å². The standard InChI is InChI=1S/C22H25ClN2O/c23-20-8-9-22-21(15-20)19(17-26-22)16-25-13-11-24(12-14-25)10-4-7-18-5-2-1-3-6-18/h1-3,5-6,8-9,15,17H,4,7,10-14,16H2. The number of hydrogen-bond acceptors (Lipinski definition) is 3. The number of rotatable bonds is 6. The van der Waals surface area contributed by atoms with Crippen LogP contribution in [0.2, 0.25) is 5.02 Å². The van der Waals surface area contributed by atoms with Crippen LogP contribution in [0.15, 0.2) is 59.2 Å². The van der Waals surface area contributed by atoms with Crippen molar-refractivity contribution in [3.63, 3.8) is 0 Å². The van der Waals surface area contributed by atoms with Gasteiger partial charge in [-0.2, -0.15) is 0 Å². The van der Waals surface area contributed by atoms with Gasteiger partial charge in [0.1, 0.15) is 5.58 Å². The molecule has 26 heavy (non-hydrogen) atoms. The molecule has 0 N–H and O–H groups in total. The molecule has 0 unspecified atom stereocenters. The topological polar surface area (TPSA) is 19.6 Å². The second-order valence-corrected chi connectivity index (χ2v) is 7.54. The quantitative estimate of drug-likeness (QED) is 0.621.